The average molecular weight is 626 g/mol. The highest BCUT2D eigenvalue weighted by molar-refractivity contribution is 6.38. The quantitative estimate of drug-likeness (QED) is 0.172. The zero-order chi connectivity index (χ0) is 33.0. The summed E-state index contributed by atoms with van der Waals surface area (Å²) in [5, 5.41) is 18.1. The predicted octanol–water partition coefficient (Wildman–Crippen LogP) is 0.517. The van der Waals surface area contributed by atoms with E-state index in [4.69, 9.17) is 4.74 Å². The predicted molar refractivity (Wildman–Crippen MR) is 149 cm³/mol. The van der Waals surface area contributed by atoms with Gasteiger partial charge in [-0.15, -0.1) is 0 Å². The summed E-state index contributed by atoms with van der Waals surface area (Å²) >= 11 is 0. The molecule has 16 heteroatoms. The highest BCUT2D eigenvalue weighted by atomic mass is 19.3. The molecule has 1 aliphatic rings. The van der Waals surface area contributed by atoms with Gasteiger partial charge >= 0.3 is 12.1 Å². The van der Waals surface area contributed by atoms with E-state index in [-0.39, 0.29) is 30.9 Å². The van der Waals surface area contributed by atoms with Crippen molar-refractivity contribution in [2.45, 2.75) is 64.1 Å². The lowest BCUT2D eigenvalue weighted by atomic mass is 10.0. The van der Waals surface area contributed by atoms with Gasteiger partial charge in [0.05, 0.1) is 25.7 Å². The number of hydrogen-bond donors (Lipinski definition) is 5. The van der Waals surface area contributed by atoms with Crippen LogP contribution in [0.1, 0.15) is 51.6 Å². The highest BCUT2D eigenvalue weighted by Gasteiger charge is 2.50. The minimum atomic E-state index is -3.43. The van der Waals surface area contributed by atoms with Crippen molar-refractivity contribution in [3.8, 4) is 0 Å². The van der Waals surface area contributed by atoms with Crippen molar-refractivity contribution in [2.75, 3.05) is 26.2 Å². The summed E-state index contributed by atoms with van der Waals surface area (Å²) in [6.07, 6.45) is -1.77. The van der Waals surface area contributed by atoms with Crippen LogP contribution in [0.2, 0.25) is 0 Å². The highest BCUT2D eigenvalue weighted by Crippen LogP contribution is 2.32. The number of nitrogens with zero attached hydrogens (tertiary/aromatic N) is 1. The molecule has 1 heterocycles. The Morgan fingerprint density at radius 3 is 2.27 bits per heavy atom. The van der Waals surface area contributed by atoms with E-state index in [9.17, 15) is 47.4 Å². The average Bonchev–Trinajstić information content (AvgIpc) is 3.31. The van der Waals surface area contributed by atoms with Gasteiger partial charge in [0.2, 0.25) is 23.5 Å². The van der Waals surface area contributed by atoms with Crippen molar-refractivity contribution in [3.05, 3.63) is 35.9 Å². The number of alkyl carbamates (subject to hydrolysis) is 1. The third-order valence-corrected chi connectivity index (χ3v) is 6.35. The van der Waals surface area contributed by atoms with Crippen molar-refractivity contribution in [1.82, 2.24) is 26.2 Å². The van der Waals surface area contributed by atoms with Crippen molar-refractivity contribution in [1.29, 1.82) is 0 Å². The van der Waals surface area contributed by atoms with E-state index < -0.39 is 91.6 Å². The Bertz CT molecular complexity index is 1230. The van der Waals surface area contributed by atoms with E-state index in [1.54, 1.807) is 39.0 Å². The van der Waals surface area contributed by atoms with Crippen molar-refractivity contribution >= 4 is 41.5 Å². The topological polar surface area (TPSA) is 200 Å². The van der Waals surface area contributed by atoms with Crippen LogP contribution in [-0.4, -0.2) is 95.7 Å². The molecule has 1 saturated heterocycles. The van der Waals surface area contributed by atoms with Gasteiger partial charge in [-0.25, -0.2) is 18.4 Å². The number of likely N-dealkylation sites (tertiary alicyclic amines) is 1. The summed E-state index contributed by atoms with van der Waals surface area (Å²) in [5.41, 5.74) is 0.272. The Hall–Kier alpha value is -4.63. The lowest BCUT2D eigenvalue weighted by molar-refractivity contribution is -0.143. The minimum Gasteiger partial charge on any atom is -0.479 e. The first kappa shape index (κ1) is 35.6. The number of nitrogens with one attached hydrogen (secondary N) is 4. The molecule has 5 amide bonds. The normalized spacial score (nSPS) is 16.8. The number of carbonyl (C=O) groups is 7. The zero-order valence-corrected chi connectivity index (χ0v) is 24.6. The Morgan fingerprint density at radius 2 is 1.68 bits per heavy atom. The van der Waals surface area contributed by atoms with Gasteiger partial charge in [0.25, 0.3) is 11.8 Å². The SMILES string of the molecule is CCCC(NC(=O)[C@@H]1CC(F)(F)CN1C(=O)CNC(=O)OCC(C)C)C(=O)C(=O)NCC(=O)NC(C(=O)O)c1ccccc1. The van der Waals surface area contributed by atoms with Crippen LogP contribution in [0, 0.1) is 5.92 Å². The molecule has 2 rings (SSSR count). The number of amides is 5. The lowest BCUT2D eigenvalue weighted by Crippen LogP contribution is -2.54. The number of ether oxygens (including phenoxy) is 1. The van der Waals surface area contributed by atoms with E-state index in [0.717, 1.165) is 0 Å². The molecule has 5 N–H and O–H groups in total. The van der Waals surface area contributed by atoms with E-state index >= 15 is 0 Å². The number of carboxylic acid groups (broad SMARTS) is 1. The largest absolute Gasteiger partial charge is 0.479 e. The zero-order valence-electron chi connectivity index (χ0n) is 24.6. The van der Waals surface area contributed by atoms with Gasteiger partial charge in [-0.05, 0) is 17.9 Å². The summed E-state index contributed by atoms with van der Waals surface area (Å²) < 4.78 is 33.4. The minimum absolute atomic E-state index is 0.0174. The van der Waals surface area contributed by atoms with Crippen molar-refractivity contribution in [2.24, 2.45) is 5.92 Å². The van der Waals surface area contributed by atoms with Crippen LogP contribution in [0.15, 0.2) is 30.3 Å². The molecule has 14 nitrogen and oxygen atoms in total. The molecular formula is C28H37F2N5O9. The maximum Gasteiger partial charge on any atom is 0.407 e. The number of aliphatic carboxylic acids is 1. The van der Waals surface area contributed by atoms with Crippen LogP contribution in [0.4, 0.5) is 13.6 Å². The molecule has 1 aromatic carbocycles. The first-order valence-corrected chi connectivity index (χ1v) is 13.9. The lowest BCUT2D eigenvalue weighted by Gasteiger charge is -2.25. The van der Waals surface area contributed by atoms with Crippen LogP contribution >= 0.6 is 0 Å². The molecule has 3 atom stereocenters. The molecule has 0 radical (unpaired) electrons. The third-order valence-electron chi connectivity index (χ3n) is 6.35. The van der Waals surface area contributed by atoms with Gasteiger partial charge in [0.15, 0.2) is 6.04 Å². The first-order chi connectivity index (χ1) is 20.6. The Kier molecular flexibility index (Phi) is 13.2. The molecule has 44 heavy (non-hydrogen) atoms. The van der Waals surface area contributed by atoms with Crippen molar-refractivity contribution < 1.29 is 52.2 Å². The van der Waals surface area contributed by atoms with Crippen LogP contribution in [-0.2, 0) is 33.5 Å². The number of carbonyl (C=O) groups excluding carboxylic acids is 6. The molecule has 0 aromatic heterocycles. The fourth-order valence-corrected chi connectivity index (χ4v) is 4.23. The Labute approximate surface area is 252 Å². The molecule has 2 unspecified atom stereocenters. The summed E-state index contributed by atoms with van der Waals surface area (Å²) in [5.74, 6) is -10.2. The van der Waals surface area contributed by atoms with Crippen LogP contribution in [0.3, 0.4) is 0 Å². The number of hydrogen-bond acceptors (Lipinski definition) is 8. The molecule has 1 aromatic rings. The molecule has 0 bridgehead atoms. The van der Waals surface area contributed by atoms with Crippen molar-refractivity contribution in [3.63, 3.8) is 0 Å². The Balaban J connectivity index is 2.00. The van der Waals surface area contributed by atoms with Gasteiger partial charge in [0, 0.05) is 6.42 Å². The number of carboxylic acids is 1. The second-order valence-electron chi connectivity index (χ2n) is 10.6. The van der Waals surface area contributed by atoms with E-state index in [1.165, 1.54) is 12.1 Å². The molecular weight excluding hydrogens is 588 g/mol. The maximum absolute atomic E-state index is 14.3. The number of alkyl halides is 2. The third kappa shape index (κ3) is 10.9. The van der Waals surface area contributed by atoms with Crippen LogP contribution in [0.25, 0.3) is 0 Å². The van der Waals surface area contributed by atoms with E-state index in [1.807, 2.05) is 0 Å². The van der Waals surface area contributed by atoms with Gasteiger partial charge in [0.1, 0.15) is 12.6 Å². The second kappa shape index (κ2) is 16.3. The van der Waals surface area contributed by atoms with Gasteiger partial charge < -0.3 is 36.0 Å². The van der Waals surface area contributed by atoms with Crippen LogP contribution in [0.5, 0.6) is 0 Å². The van der Waals surface area contributed by atoms with Crippen LogP contribution < -0.4 is 21.3 Å². The smallest absolute Gasteiger partial charge is 0.407 e. The summed E-state index contributed by atoms with van der Waals surface area (Å²) in [6.45, 7) is 2.69. The molecule has 1 fully saturated rings. The molecule has 242 valence electrons. The number of rotatable bonds is 15. The van der Waals surface area contributed by atoms with E-state index in [0.29, 0.717) is 4.90 Å². The summed E-state index contributed by atoms with van der Waals surface area (Å²) in [4.78, 5) is 87.2. The molecule has 0 saturated carbocycles. The Morgan fingerprint density at radius 1 is 1.02 bits per heavy atom. The fraction of sp³-hybridized carbons (Fsp3) is 0.536. The maximum atomic E-state index is 14.3. The second-order valence-corrected chi connectivity index (χ2v) is 10.6. The van der Waals surface area contributed by atoms with Gasteiger partial charge in [-0.3, -0.25) is 24.0 Å². The number of halogens is 2. The fourth-order valence-electron chi connectivity index (χ4n) is 4.23. The van der Waals surface area contributed by atoms with E-state index in [2.05, 4.69) is 21.3 Å². The molecule has 0 spiro atoms. The molecule has 0 aliphatic carbocycles. The number of ketones is 1. The monoisotopic (exact) mass is 625 g/mol. The van der Waals surface area contributed by atoms with Gasteiger partial charge in [-0.2, -0.15) is 0 Å². The number of benzene rings is 1. The first-order valence-electron chi connectivity index (χ1n) is 13.9. The van der Waals surface area contributed by atoms with Gasteiger partial charge in [-0.1, -0.05) is 57.5 Å². The molecule has 1 aliphatic heterocycles. The summed E-state index contributed by atoms with van der Waals surface area (Å²) in [6, 6.07) is 3.17. The number of Topliss-reactive ketones (excluding diaryl/α,β-unsaturated/α-hetero) is 1. The standard InChI is InChI=1S/C28H37F2N5O9/c1-4-8-18(23(38)25(40)31-12-20(36)34-22(26(41)42)17-9-6-5-7-10-17)33-24(39)19-11-28(29,30)15-35(19)21(37)13-32-27(43)44-14-16(2)3/h5-7,9-10,16,18-19,22H,4,8,11-15H2,1-3H3,(H,31,40)(H,32,43)(H,33,39)(H,34,36)(H,41,42)/t18?,19-,22?/m0/s1. The summed E-state index contributed by atoms with van der Waals surface area (Å²) in [7, 11) is 0.